The van der Waals surface area contributed by atoms with Gasteiger partial charge in [0.1, 0.15) is 0 Å². The molecule has 0 amide bonds. The molecule has 2 N–H and O–H groups in total. The van der Waals surface area contributed by atoms with Crippen LogP contribution in [0.4, 0.5) is 0 Å². The van der Waals surface area contributed by atoms with Crippen molar-refractivity contribution in [2.24, 2.45) is 5.73 Å². The van der Waals surface area contributed by atoms with E-state index in [9.17, 15) is 0 Å². The molecule has 20 heavy (non-hydrogen) atoms. The van der Waals surface area contributed by atoms with Crippen LogP contribution in [0.15, 0.2) is 24.3 Å². The first kappa shape index (κ1) is 17.5. The Hall–Kier alpha value is -0.570. The van der Waals surface area contributed by atoms with Gasteiger partial charge in [-0.2, -0.15) is 0 Å². The number of benzene rings is 1. The summed E-state index contributed by atoms with van der Waals surface area (Å²) in [6.07, 6.45) is 6.01. The van der Waals surface area contributed by atoms with Crippen molar-refractivity contribution in [3.05, 3.63) is 34.9 Å². The Labute approximate surface area is 129 Å². The number of halogens is 1. The van der Waals surface area contributed by atoms with E-state index in [1.165, 1.54) is 38.8 Å². The maximum atomic E-state index is 6.29. The summed E-state index contributed by atoms with van der Waals surface area (Å²) in [5, 5.41) is 0.786. The smallest absolute Gasteiger partial charge is 0.0453 e. The summed E-state index contributed by atoms with van der Waals surface area (Å²) in [6.45, 7) is 7.92. The van der Waals surface area contributed by atoms with E-state index >= 15 is 0 Å². The molecular formula is C17H29ClN2. The fourth-order valence-electron chi connectivity index (χ4n) is 2.35. The SMILES string of the molecule is CCCCN(CCCC)CCC(N)c1ccccc1Cl. The van der Waals surface area contributed by atoms with Gasteiger partial charge < -0.3 is 10.6 Å². The van der Waals surface area contributed by atoms with Gasteiger partial charge in [-0.3, -0.25) is 0 Å². The van der Waals surface area contributed by atoms with Gasteiger partial charge in [0.15, 0.2) is 0 Å². The molecule has 0 spiro atoms. The Kier molecular flexibility index (Phi) is 8.92. The second-order valence-electron chi connectivity index (χ2n) is 5.47. The molecule has 0 saturated carbocycles. The monoisotopic (exact) mass is 296 g/mol. The lowest BCUT2D eigenvalue weighted by atomic mass is 10.0. The average molecular weight is 297 g/mol. The summed E-state index contributed by atoms with van der Waals surface area (Å²) in [4.78, 5) is 2.55. The molecule has 0 saturated heterocycles. The van der Waals surface area contributed by atoms with Gasteiger partial charge in [0.05, 0.1) is 0 Å². The Morgan fingerprint density at radius 2 is 1.65 bits per heavy atom. The number of nitrogens with zero attached hydrogens (tertiary/aromatic N) is 1. The molecule has 1 unspecified atom stereocenters. The maximum Gasteiger partial charge on any atom is 0.0453 e. The fourth-order valence-corrected chi connectivity index (χ4v) is 2.63. The molecule has 1 rings (SSSR count). The molecule has 0 aliphatic heterocycles. The van der Waals surface area contributed by atoms with E-state index in [1.807, 2.05) is 24.3 Å². The van der Waals surface area contributed by atoms with Crippen molar-refractivity contribution in [2.45, 2.75) is 52.0 Å². The number of hydrogen-bond acceptors (Lipinski definition) is 2. The van der Waals surface area contributed by atoms with E-state index in [1.54, 1.807) is 0 Å². The van der Waals surface area contributed by atoms with Crippen LogP contribution in [0, 0.1) is 0 Å². The minimum atomic E-state index is 0.0365. The van der Waals surface area contributed by atoms with Crippen LogP contribution in [-0.4, -0.2) is 24.5 Å². The largest absolute Gasteiger partial charge is 0.324 e. The van der Waals surface area contributed by atoms with Crippen molar-refractivity contribution in [1.29, 1.82) is 0 Å². The second kappa shape index (κ2) is 10.2. The predicted octanol–water partition coefficient (Wildman–Crippen LogP) is 4.63. The van der Waals surface area contributed by atoms with E-state index in [4.69, 9.17) is 17.3 Å². The molecule has 1 aromatic carbocycles. The fraction of sp³-hybridized carbons (Fsp3) is 0.647. The third kappa shape index (κ3) is 6.25. The zero-order valence-corrected chi connectivity index (χ0v) is 13.7. The van der Waals surface area contributed by atoms with Crippen LogP contribution in [-0.2, 0) is 0 Å². The summed E-state index contributed by atoms with van der Waals surface area (Å²) in [5.74, 6) is 0. The Bertz CT molecular complexity index is 360. The van der Waals surface area contributed by atoms with Crippen molar-refractivity contribution >= 4 is 11.6 Å². The van der Waals surface area contributed by atoms with Crippen LogP contribution in [0.5, 0.6) is 0 Å². The molecule has 0 aromatic heterocycles. The van der Waals surface area contributed by atoms with Crippen molar-refractivity contribution < 1.29 is 0 Å². The van der Waals surface area contributed by atoms with Gasteiger partial charge in [-0.25, -0.2) is 0 Å². The van der Waals surface area contributed by atoms with Crippen molar-refractivity contribution in [1.82, 2.24) is 4.90 Å². The molecule has 0 fully saturated rings. The van der Waals surface area contributed by atoms with E-state index in [2.05, 4.69) is 18.7 Å². The summed E-state index contributed by atoms with van der Waals surface area (Å²) in [7, 11) is 0. The predicted molar refractivity (Wildman–Crippen MR) is 89.3 cm³/mol. The van der Waals surface area contributed by atoms with Crippen LogP contribution in [0.1, 0.15) is 57.6 Å². The molecular weight excluding hydrogens is 268 g/mol. The first-order valence-corrected chi connectivity index (χ1v) is 8.29. The van der Waals surface area contributed by atoms with Crippen LogP contribution in [0.25, 0.3) is 0 Å². The number of hydrogen-bond donors (Lipinski definition) is 1. The van der Waals surface area contributed by atoms with E-state index in [-0.39, 0.29) is 6.04 Å². The standard InChI is InChI=1S/C17H29ClN2/c1-3-5-12-20(13-6-4-2)14-11-17(19)15-9-7-8-10-16(15)18/h7-10,17H,3-6,11-14,19H2,1-2H3. The third-order valence-corrected chi connectivity index (χ3v) is 4.06. The lowest BCUT2D eigenvalue weighted by molar-refractivity contribution is 0.255. The third-order valence-electron chi connectivity index (χ3n) is 3.72. The van der Waals surface area contributed by atoms with Crippen molar-refractivity contribution in [3.8, 4) is 0 Å². The maximum absolute atomic E-state index is 6.29. The van der Waals surface area contributed by atoms with Gasteiger partial charge in [-0.1, -0.05) is 56.5 Å². The van der Waals surface area contributed by atoms with Gasteiger partial charge in [0.25, 0.3) is 0 Å². The van der Waals surface area contributed by atoms with Crippen molar-refractivity contribution in [3.63, 3.8) is 0 Å². The number of nitrogens with two attached hydrogens (primary N) is 1. The van der Waals surface area contributed by atoms with Crippen LogP contribution in [0.2, 0.25) is 5.02 Å². The number of rotatable bonds is 10. The first-order valence-electron chi connectivity index (χ1n) is 7.91. The normalized spacial score (nSPS) is 12.8. The number of unbranched alkanes of at least 4 members (excludes halogenated alkanes) is 2. The van der Waals surface area contributed by atoms with Gasteiger partial charge in [0.2, 0.25) is 0 Å². The van der Waals surface area contributed by atoms with E-state index in [0.29, 0.717) is 0 Å². The molecule has 0 radical (unpaired) electrons. The van der Waals surface area contributed by atoms with Gasteiger partial charge in [-0.15, -0.1) is 0 Å². The van der Waals surface area contributed by atoms with Gasteiger partial charge in [-0.05, 0) is 50.5 Å². The molecule has 3 heteroatoms. The highest BCUT2D eigenvalue weighted by Crippen LogP contribution is 2.23. The lowest BCUT2D eigenvalue weighted by Gasteiger charge is -2.24. The highest BCUT2D eigenvalue weighted by Gasteiger charge is 2.12. The molecule has 1 aromatic rings. The average Bonchev–Trinajstić information content (AvgIpc) is 2.46. The van der Waals surface area contributed by atoms with Gasteiger partial charge in [0, 0.05) is 11.1 Å². The summed E-state index contributed by atoms with van der Waals surface area (Å²) >= 11 is 6.21. The zero-order chi connectivity index (χ0) is 14.8. The van der Waals surface area contributed by atoms with E-state index in [0.717, 1.165) is 23.6 Å². The summed E-state index contributed by atoms with van der Waals surface area (Å²) in [5.41, 5.74) is 7.36. The highest BCUT2D eigenvalue weighted by molar-refractivity contribution is 6.31. The minimum absolute atomic E-state index is 0.0365. The Morgan fingerprint density at radius 3 is 2.20 bits per heavy atom. The molecule has 0 bridgehead atoms. The summed E-state index contributed by atoms with van der Waals surface area (Å²) in [6, 6.07) is 7.95. The summed E-state index contributed by atoms with van der Waals surface area (Å²) < 4.78 is 0. The van der Waals surface area contributed by atoms with Crippen LogP contribution >= 0.6 is 11.6 Å². The highest BCUT2D eigenvalue weighted by atomic mass is 35.5. The lowest BCUT2D eigenvalue weighted by Crippen LogP contribution is -2.29. The quantitative estimate of drug-likeness (QED) is 0.682. The van der Waals surface area contributed by atoms with Crippen molar-refractivity contribution in [2.75, 3.05) is 19.6 Å². The van der Waals surface area contributed by atoms with Crippen LogP contribution in [0.3, 0.4) is 0 Å². The molecule has 0 aliphatic carbocycles. The molecule has 0 heterocycles. The Balaban J connectivity index is 2.46. The molecule has 0 aliphatic rings. The first-order chi connectivity index (χ1) is 9.69. The van der Waals surface area contributed by atoms with E-state index < -0.39 is 0 Å². The van der Waals surface area contributed by atoms with Gasteiger partial charge >= 0.3 is 0 Å². The second-order valence-corrected chi connectivity index (χ2v) is 5.87. The zero-order valence-electron chi connectivity index (χ0n) is 12.9. The van der Waals surface area contributed by atoms with Crippen LogP contribution < -0.4 is 5.73 Å². The molecule has 114 valence electrons. The minimum Gasteiger partial charge on any atom is -0.324 e. The topological polar surface area (TPSA) is 29.3 Å². The molecule has 2 nitrogen and oxygen atoms in total. The molecule has 1 atom stereocenters. The Morgan fingerprint density at radius 1 is 1.05 bits per heavy atom.